The number of amidine groups is 1. The molecule has 2 rings (SSSR count). The average Bonchev–Trinajstić information content (AvgIpc) is 2.74. The number of nitrogens with zero attached hydrogens (tertiary/aromatic N) is 2. The van der Waals surface area contributed by atoms with E-state index in [0.29, 0.717) is 0 Å². The lowest BCUT2D eigenvalue weighted by Crippen LogP contribution is -2.48. The van der Waals surface area contributed by atoms with Gasteiger partial charge < -0.3 is 16.0 Å². The minimum Gasteiger partial charge on any atom is -0.370 e. The highest BCUT2D eigenvalue weighted by atomic mass is 15.3. The van der Waals surface area contributed by atoms with Crippen molar-refractivity contribution in [1.29, 1.82) is 5.41 Å². The number of nitrogens with two attached hydrogens (primary N) is 1. The maximum atomic E-state index is 7.61. The Morgan fingerprint density at radius 1 is 1.08 bits per heavy atom. The Kier molecular flexibility index (Phi) is 4.77. The van der Waals surface area contributed by atoms with Crippen molar-refractivity contribution in [3.05, 3.63) is 11.3 Å². The zero-order chi connectivity index (χ0) is 19.4. The molecule has 0 aromatic rings. The first-order chi connectivity index (χ1) is 11.1. The van der Waals surface area contributed by atoms with Crippen LogP contribution in [0.2, 0.25) is 0 Å². The fraction of sp³-hybridized carbons (Fsp3) is 0.800. The van der Waals surface area contributed by atoms with E-state index in [9.17, 15) is 0 Å². The molecular weight excluding hydrogens is 310 g/mol. The van der Waals surface area contributed by atoms with Crippen LogP contribution in [-0.2, 0) is 0 Å². The summed E-state index contributed by atoms with van der Waals surface area (Å²) in [6.07, 6.45) is 0.897. The molecule has 2 unspecified atom stereocenters. The van der Waals surface area contributed by atoms with E-state index in [4.69, 9.17) is 16.1 Å². The smallest absolute Gasteiger partial charge is 0.185 e. The molecule has 25 heavy (non-hydrogen) atoms. The molecule has 5 nitrogen and oxygen atoms in total. The van der Waals surface area contributed by atoms with Gasteiger partial charge in [0.05, 0.1) is 12.1 Å². The van der Waals surface area contributed by atoms with Crippen molar-refractivity contribution in [2.75, 3.05) is 6.54 Å². The second-order valence-electron chi connectivity index (χ2n) is 10.7. The Morgan fingerprint density at radius 3 is 2.04 bits per heavy atom. The van der Waals surface area contributed by atoms with Crippen molar-refractivity contribution in [3.63, 3.8) is 0 Å². The van der Waals surface area contributed by atoms with Gasteiger partial charge in [-0.05, 0) is 16.4 Å². The summed E-state index contributed by atoms with van der Waals surface area (Å²) in [6, 6.07) is 0.333. The van der Waals surface area contributed by atoms with Crippen molar-refractivity contribution < 1.29 is 0 Å². The number of fused-ring (bicyclic) bond motifs is 1. The summed E-state index contributed by atoms with van der Waals surface area (Å²) in [5, 5.41) is 10.7. The molecule has 2 heterocycles. The predicted octanol–water partition coefficient (Wildman–Crippen LogP) is 3.72. The monoisotopic (exact) mass is 347 g/mol. The molecule has 0 radical (unpaired) electrons. The van der Waals surface area contributed by atoms with Crippen LogP contribution in [0.1, 0.15) is 68.7 Å². The molecule has 0 saturated carbocycles. The number of aliphatic imine (C=N–C) groups is 1. The van der Waals surface area contributed by atoms with Gasteiger partial charge in [-0.2, -0.15) is 0 Å². The van der Waals surface area contributed by atoms with E-state index in [-0.39, 0.29) is 34.3 Å². The van der Waals surface area contributed by atoms with Gasteiger partial charge in [0.25, 0.3) is 0 Å². The van der Waals surface area contributed by atoms with Gasteiger partial charge in [0.2, 0.25) is 0 Å². The van der Waals surface area contributed by atoms with Gasteiger partial charge in [0.15, 0.2) is 5.96 Å². The summed E-state index contributed by atoms with van der Waals surface area (Å²) in [6.45, 7) is 21.2. The van der Waals surface area contributed by atoms with E-state index in [1.165, 1.54) is 11.3 Å². The third-order valence-corrected chi connectivity index (χ3v) is 4.92. The van der Waals surface area contributed by atoms with Gasteiger partial charge in [-0.15, -0.1) is 0 Å². The normalized spacial score (nSPS) is 25.0. The lowest BCUT2D eigenvalue weighted by molar-refractivity contribution is 0.285. The molecule has 0 aliphatic carbocycles. The second kappa shape index (κ2) is 6.03. The SMILES string of the molecule is CC(C)(C)C1=NC(C(C)(C)C)C(C(C)(C)C)=C2CC(NC(=N)N)CN12. The molecule has 0 bridgehead atoms. The van der Waals surface area contributed by atoms with Crippen molar-refractivity contribution in [2.45, 2.75) is 80.8 Å². The van der Waals surface area contributed by atoms with Gasteiger partial charge in [0.1, 0.15) is 5.84 Å². The molecule has 0 aromatic heterocycles. The number of nitrogens with one attached hydrogen (secondary N) is 2. The molecule has 1 fully saturated rings. The highest BCUT2D eigenvalue weighted by molar-refractivity contribution is 5.91. The van der Waals surface area contributed by atoms with Crippen molar-refractivity contribution in [2.24, 2.45) is 27.0 Å². The van der Waals surface area contributed by atoms with Gasteiger partial charge in [-0.1, -0.05) is 62.3 Å². The standard InChI is InChI=1S/C20H37N5/c1-18(2,3)14-13-10-12(23-17(21)22)11-25(13)16(20(7,8)9)24-15(14)19(4,5)6/h12,15H,10-11H2,1-9H3,(H4,21,22,23). The quantitative estimate of drug-likeness (QED) is 0.500. The third-order valence-electron chi connectivity index (χ3n) is 4.92. The number of guanidine groups is 1. The Hall–Kier alpha value is -1.52. The minimum atomic E-state index is -0.0245. The zero-order valence-corrected chi connectivity index (χ0v) is 17.5. The van der Waals surface area contributed by atoms with E-state index in [2.05, 4.69) is 72.5 Å². The minimum absolute atomic E-state index is 0.0245. The largest absolute Gasteiger partial charge is 0.370 e. The van der Waals surface area contributed by atoms with Crippen LogP contribution in [0.15, 0.2) is 16.3 Å². The van der Waals surface area contributed by atoms with Crippen LogP contribution in [0.25, 0.3) is 0 Å². The first-order valence-electron chi connectivity index (χ1n) is 9.32. The van der Waals surface area contributed by atoms with E-state index >= 15 is 0 Å². The number of hydrogen-bond donors (Lipinski definition) is 3. The first kappa shape index (κ1) is 19.8. The van der Waals surface area contributed by atoms with Crippen LogP contribution in [0.3, 0.4) is 0 Å². The summed E-state index contributed by atoms with van der Waals surface area (Å²) in [5.41, 5.74) is 8.50. The van der Waals surface area contributed by atoms with Gasteiger partial charge in [-0.25, -0.2) is 0 Å². The average molecular weight is 348 g/mol. The summed E-state index contributed by atoms with van der Waals surface area (Å²) < 4.78 is 0. The second-order valence-corrected chi connectivity index (χ2v) is 10.7. The van der Waals surface area contributed by atoms with Crippen LogP contribution in [-0.4, -0.2) is 35.3 Å². The Labute approximate surface area is 153 Å². The maximum Gasteiger partial charge on any atom is 0.185 e. The van der Waals surface area contributed by atoms with Gasteiger partial charge >= 0.3 is 0 Å². The van der Waals surface area contributed by atoms with E-state index in [1.54, 1.807) is 0 Å². The van der Waals surface area contributed by atoms with Crippen LogP contribution in [0.4, 0.5) is 0 Å². The zero-order valence-electron chi connectivity index (χ0n) is 17.5. The fourth-order valence-corrected chi connectivity index (χ4v) is 4.01. The van der Waals surface area contributed by atoms with Crippen molar-refractivity contribution in [1.82, 2.24) is 10.2 Å². The van der Waals surface area contributed by atoms with Crippen molar-refractivity contribution >= 4 is 11.8 Å². The lowest BCUT2D eigenvalue weighted by atomic mass is 9.70. The summed E-state index contributed by atoms with van der Waals surface area (Å²) in [7, 11) is 0. The van der Waals surface area contributed by atoms with Crippen LogP contribution >= 0.6 is 0 Å². The highest BCUT2D eigenvalue weighted by Crippen LogP contribution is 2.47. The van der Waals surface area contributed by atoms with Crippen LogP contribution in [0.5, 0.6) is 0 Å². The molecule has 2 atom stereocenters. The first-order valence-corrected chi connectivity index (χ1v) is 9.32. The third kappa shape index (κ3) is 4.01. The molecule has 142 valence electrons. The molecule has 2 aliphatic heterocycles. The van der Waals surface area contributed by atoms with E-state index < -0.39 is 0 Å². The Morgan fingerprint density at radius 2 is 1.64 bits per heavy atom. The lowest BCUT2D eigenvalue weighted by Gasteiger charge is -2.45. The van der Waals surface area contributed by atoms with Crippen LogP contribution < -0.4 is 11.1 Å². The number of rotatable bonds is 1. The fourth-order valence-electron chi connectivity index (χ4n) is 4.01. The molecule has 0 aromatic carbocycles. The van der Waals surface area contributed by atoms with Gasteiger partial charge in [0, 0.05) is 24.1 Å². The van der Waals surface area contributed by atoms with Crippen LogP contribution in [0, 0.1) is 21.7 Å². The molecular formula is C20H37N5. The molecule has 0 amide bonds. The summed E-state index contributed by atoms with van der Waals surface area (Å²) >= 11 is 0. The molecule has 2 aliphatic rings. The molecule has 0 spiro atoms. The molecule has 4 N–H and O–H groups in total. The molecule has 1 saturated heterocycles. The van der Waals surface area contributed by atoms with E-state index in [0.717, 1.165) is 18.8 Å². The van der Waals surface area contributed by atoms with Gasteiger partial charge in [-0.3, -0.25) is 10.4 Å². The highest BCUT2D eigenvalue weighted by Gasteiger charge is 2.46. The maximum absolute atomic E-state index is 7.61. The van der Waals surface area contributed by atoms with Crippen molar-refractivity contribution in [3.8, 4) is 0 Å². The summed E-state index contributed by atoms with van der Waals surface area (Å²) in [5.74, 6) is 1.20. The number of hydrogen-bond acceptors (Lipinski definition) is 3. The Balaban J connectivity index is 2.62. The molecule has 5 heteroatoms. The summed E-state index contributed by atoms with van der Waals surface area (Å²) in [4.78, 5) is 7.69. The Bertz CT molecular complexity index is 607. The topological polar surface area (TPSA) is 77.5 Å². The predicted molar refractivity (Wildman–Crippen MR) is 107 cm³/mol. The van der Waals surface area contributed by atoms with E-state index in [1.807, 2.05) is 0 Å².